The molecule has 9 rings (SSSR count). The van der Waals surface area contributed by atoms with E-state index in [0.29, 0.717) is 107 Å². The summed E-state index contributed by atoms with van der Waals surface area (Å²) in [6, 6.07) is 22.5. The molecule has 9 atom stereocenters. The molecule has 3 amide bonds. The van der Waals surface area contributed by atoms with Crippen LogP contribution >= 0.6 is 15.9 Å². The van der Waals surface area contributed by atoms with Crippen LogP contribution in [0.4, 0.5) is 0 Å². The number of halogens is 1. The van der Waals surface area contributed by atoms with Gasteiger partial charge in [-0.1, -0.05) is 149 Å². The zero-order valence-corrected chi connectivity index (χ0v) is 73.2. The third kappa shape index (κ3) is 31.1. The fourth-order valence-corrected chi connectivity index (χ4v) is 20.5. The van der Waals surface area contributed by atoms with Crippen LogP contribution in [0, 0.1) is 53.3 Å². The van der Waals surface area contributed by atoms with Crippen molar-refractivity contribution in [2.24, 2.45) is 53.3 Å². The molecule has 0 radical (unpaired) electrons. The highest BCUT2D eigenvalue weighted by molar-refractivity contribution is 9.10. The lowest BCUT2D eigenvalue weighted by Crippen LogP contribution is -2.48. The van der Waals surface area contributed by atoms with Gasteiger partial charge in [0.1, 0.15) is 0 Å². The molecule has 0 unspecified atom stereocenters. The van der Waals surface area contributed by atoms with Crippen LogP contribution in [-0.2, 0) is 54.9 Å². The molecule has 0 spiro atoms. The topological polar surface area (TPSA) is 220 Å². The summed E-state index contributed by atoms with van der Waals surface area (Å²) in [5, 5.41) is 39.9. The standard InChI is InChI=1S/C32H52N2O5.C31H50N2O5.C30H49BrN2O3/c1-33(2)23-26(20-25-12-6-5-7-13-25)21-30(35)34-18-11-16-29(24-34)32(37,17-8-9-19-38-3)28-15-10-14-27(22-28)31(36)39-4;1-32-22-25(19-24-11-5-4-6-12-24)20-29(34)33-17-10-15-28(23-33)31(36,16-7-8-18-37-2)27-14-9-13-26(21-27)30(35)38-3;1-32(2)22-25(19-24-11-5-4-6-12-24)20-29(34)33-17-10-14-27(23-33)30(35,16-7-8-18-36-3)26-13-9-15-28(31)21-26/h10,14-15,22,25-26,29,37H,5-9,11-13,16-21,23-24H2,1-4H3;9,13-14,21,24-25,28,32,36H,4-8,10-12,15-20,22-23H2,1-3H3;9,13,15,21,24-25,27,35H,4-8,10-12,14,16-20,22-23H2,1-3H3/t26-,29-,32-;25-,28-,31-;25-,27-,30-/m111/s1. The van der Waals surface area contributed by atoms with Crippen LogP contribution in [0.25, 0.3) is 0 Å². The van der Waals surface area contributed by atoms with Gasteiger partial charge in [0.25, 0.3) is 0 Å². The lowest BCUT2D eigenvalue weighted by Gasteiger charge is -2.43. The molecular formula is C93H151BrN6O13. The van der Waals surface area contributed by atoms with Gasteiger partial charge in [-0.3, -0.25) is 14.4 Å². The van der Waals surface area contributed by atoms with Crippen LogP contribution in [0.3, 0.4) is 0 Å². The summed E-state index contributed by atoms with van der Waals surface area (Å²) in [5.74, 6) is 3.08. The Morgan fingerprint density at radius 3 is 1.07 bits per heavy atom. The van der Waals surface area contributed by atoms with Crippen molar-refractivity contribution in [3.63, 3.8) is 0 Å². The fourth-order valence-electron chi connectivity index (χ4n) is 20.1. The molecule has 113 heavy (non-hydrogen) atoms. The number of ether oxygens (including phenoxy) is 5. The lowest BCUT2D eigenvalue weighted by atomic mass is 9.73. The normalized spacial score (nSPS) is 21.3. The van der Waals surface area contributed by atoms with Crippen molar-refractivity contribution >= 4 is 45.6 Å². The highest BCUT2D eigenvalue weighted by Crippen LogP contribution is 2.45. The number of hydrogen-bond acceptors (Lipinski definition) is 16. The van der Waals surface area contributed by atoms with E-state index in [4.69, 9.17) is 23.7 Å². The van der Waals surface area contributed by atoms with Crippen LogP contribution in [0.1, 0.15) is 269 Å². The van der Waals surface area contributed by atoms with Crippen LogP contribution in [0.5, 0.6) is 0 Å². The fraction of sp³-hybridized carbons (Fsp3) is 0.753. The van der Waals surface area contributed by atoms with E-state index < -0.39 is 28.7 Å². The van der Waals surface area contributed by atoms with Gasteiger partial charge in [0.2, 0.25) is 17.7 Å². The van der Waals surface area contributed by atoms with Gasteiger partial charge in [-0.15, -0.1) is 0 Å². The number of methoxy groups -OCH3 is 5. The number of unbranched alkanes of at least 4 members (excludes halogenated alkanes) is 3. The third-order valence-corrected chi connectivity index (χ3v) is 26.5. The van der Waals surface area contributed by atoms with E-state index >= 15 is 0 Å². The predicted molar refractivity (Wildman–Crippen MR) is 455 cm³/mol. The molecule has 3 saturated heterocycles. The molecule has 0 bridgehead atoms. The lowest BCUT2D eigenvalue weighted by molar-refractivity contribution is -0.139. The average molecular weight is 1640 g/mol. The van der Waals surface area contributed by atoms with E-state index in [1.165, 1.54) is 117 Å². The quantitative estimate of drug-likeness (QED) is 0.0306. The monoisotopic (exact) mass is 1640 g/mol. The van der Waals surface area contributed by atoms with Crippen molar-refractivity contribution < 1.29 is 63.0 Å². The van der Waals surface area contributed by atoms with Crippen molar-refractivity contribution in [2.75, 3.05) is 150 Å². The first-order valence-corrected chi connectivity index (χ1v) is 44.8. The van der Waals surface area contributed by atoms with Gasteiger partial charge in [-0.25, -0.2) is 9.59 Å². The molecule has 4 N–H and O–H groups in total. The molecule has 19 nitrogen and oxygen atoms in total. The minimum absolute atomic E-state index is 0.0395. The number of esters is 2. The zero-order chi connectivity index (χ0) is 81.6. The molecular weight excluding hydrogens is 1490 g/mol. The molecule has 20 heteroatoms. The number of amides is 3. The maximum absolute atomic E-state index is 13.7. The number of benzene rings is 3. The van der Waals surface area contributed by atoms with E-state index in [2.05, 4.69) is 64.1 Å². The van der Waals surface area contributed by atoms with E-state index in [0.717, 1.165) is 168 Å². The van der Waals surface area contributed by atoms with Gasteiger partial charge in [0.15, 0.2) is 0 Å². The van der Waals surface area contributed by atoms with Gasteiger partial charge < -0.3 is 68.8 Å². The molecule has 3 aromatic carbocycles. The summed E-state index contributed by atoms with van der Waals surface area (Å²) in [6.45, 7) is 8.78. The van der Waals surface area contributed by atoms with Crippen LogP contribution in [0.15, 0.2) is 77.3 Å². The molecule has 6 aliphatic rings. The minimum atomic E-state index is -1.14. The number of likely N-dealkylation sites (tertiary alicyclic amines) is 3. The van der Waals surface area contributed by atoms with Crippen molar-refractivity contribution in [2.45, 2.75) is 248 Å². The summed E-state index contributed by atoms with van der Waals surface area (Å²) in [7, 11) is 18.3. The highest BCUT2D eigenvalue weighted by Gasteiger charge is 2.45. The van der Waals surface area contributed by atoms with E-state index in [1.54, 1.807) is 51.7 Å². The number of piperidine rings is 3. The number of carbonyl (C=O) groups excluding carboxylic acids is 5. The second-order valence-corrected chi connectivity index (χ2v) is 36.2. The SMILES string of the molecule is CNC[C@@H](CC(=O)N1CCC[C@@H]([C@@](O)(CCCCOC)c2cccc(C(=O)OC)c2)C1)CC1CCCCC1.COCCCC[C@@](O)(c1cccc(Br)c1)[C@@H]1CCCN(C(=O)C[C@@H](CC2CCCCC2)CN(C)C)C1.COCCCC[C@@](O)(c1cccc(C(=O)OC)c1)[C@@H]1CCCN(C(=O)C[C@@H](CC2CCCCC2)CN(C)C)C1. The summed E-state index contributed by atoms with van der Waals surface area (Å²) in [5.41, 5.74) is 0.0564. The van der Waals surface area contributed by atoms with Crippen LogP contribution in [-0.4, -0.2) is 219 Å². The minimum Gasteiger partial charge on any atom is -0.465 e. The third-order valence-electron chi connectivity index (χ3n) is 26.0. The Morgan fingerprint density at radius 1 is 0.442 bits per heavy atom. The number of hydrogen-bond donors (Lipinski definition) is 4. The van der Waals surface area contributed by atoms with Crippen molar-refractivity contribution in [1.29, 1.82) is 0 Å². The Morgan fingerprint density at radius 2 is 0.761 bits per heavy atom. The van der Waals surface area contributed by atoms with Crippen molar-refractivity contribution in [3.8, 4) is 0 Å². The van der Waals surface area contributed by atoms with Gasteiger partial charge >= 0.3 is 11.9 Å². The summed E-state index contributed by atoms with van der Waals surface area (Å²) in [6.07, 6.45) is 37.3. The second-order valence-electron chi connectivity index (χ2n) is 35.3. The molecule has 3 aliphatic carbocycles. The summed E-state index contributed by atoms with van der Waals surface area (Å²) < 4.78 is 26.6. The van der Waals surface area contributed by atoms with Crippen LogP contribution < -0.4 is 5.32 Å². The van der Waals surface area contributed by atoms with E-state index in [9.17, 15) is 39.3 Å². The summed E-state index contributed by atoms with van der Waals surface area (Å²) in [4.78, 5) is 75.8. The van der Waals surface area contributed by atoms with Crippen LogP contribution in [0.2, 0.25) is 0 Å². The second kappa shape index (κ2) is 50.8. The Hall–Kier alpha value is -4.87. The largest absolute Gasteiger partial charge is 0.465 e. The number of rotatable bonds is 41. The van der Waals surface area contributed by atoms with E-state index in [1.807, 2.05) is 59.3 Å². The van der Waals surface area contributed by atoms with Crippen molar-refractivity contribution in [3.05, 3.63) is 105 Å². The Labute approximate surface area is 690 Å². The first kappa shape index (κ1) is 95.3. The van der Waals surface area contributed by atoms with Gasteiger partial charge in [0.05, 0.1) is 42.1 Å². The predicted octanol–water partition coefficient (Wildman–Crippen LogP) is 16.4. The highest BCUT2D eigenvalue weighted by atomic mass is 79.9. The molecule has 3 aliphatic heterocycles. The van der Waals surface area contributed by atoms with Gasteiger partial charge in [0, 0.05) is 135 Å². The molecule has 0 aromatic heterocycles. The molecule has 3 saturated carbocycles. The number of carbonyl (C=O) groups is 5. The van der Waals surface area contributed by atoms with E-state index in [-0.39, 0.29) is 35.5 Å². The molecule has 638 valence electrons. The zero-order valence-electron chi connectivity index (χ0n) is 71.6. The molecule has 6 fully saturated rings. The Bertz CT molecular complexity index is 3230. The van der Waals surface area contributed by atoms with Gasteiger partial charge in [-0.2, -0.15) is 0 Å². The number of nitrogens with zero attached hydrogens (tertiary/aromatic N) is 5. The maximum atomic E-state index is 13.7. The Balaban J connectivity index is 0.000000235. The van der Waals surface area contributed by atoms with Crippen molar-refractivity contribution in [1.82, 2.24) is 29.8 Å². The number of aliphatic hydroxyl groups is 3. The first-order valence-electron chi connectivity index (χ1n) is 44.0. The maximum Gasteiger partial charge on any atom is 0.337 e. The Kier molecular flexibility index (Phi) is 42.8. The molecule has 3 aromatic rings. The summed E-state index contributed by atoms with van der Waals surface area (Å²) >= 11 is 3.59. The first-order chi connectivity index (χ1) is 54.5. The average Bonchev–Trinajstić information content (AvgIpc) is 0.792. The smallest absolute Gasteiger partial charge is 0.337 e. The van der Waals surface area contributed by atoms with Gasteiger partial charge in [-0.05, 0) is 246 Å². The molecule has 3 heterocycles. The number of nitrogens with one attached hydrogen (secondary N) is 1.